The van der Waals surface area contributed by atoms with Crippen molar-refractivity contribution in [3.8, 4) is 6.07 Å². The van der Waals surface area contributed by atoms with E-state index in [9.17, 15) is 0 Å². The summed E-state index contributed by atoms with van der Waals surface area (Å²) in [7, 11) is 0. The molecule has 0 N–H and O–H groups in total. The van der Waals surface area contributed by atoms with Gasteiger partial charge in [0.25, 0.3) is 0 Å². The fourth-order valence-electron chi connectivity index (χ4n) is 1.48. The molecular weight excluding hydrogens is 174 g/mol. The van der Waals surface area contributed by atoms with Crippen LogP contribution >= 0.6 is 0 Å². The zero-order chi connectivity index (χ0) is 10.2. The van der Waals surface area contributed by atoms with Crippen LogP contribution in [-0.4, -0.2) is 6.54 Å². The number of hydrogen-bond acceptors (Lipinski definition) is 3. The number of allylic oxidation sites excluding steroid dienone is 2. The number of hydrogen-bond donors (Lipinski definition) is 0. The molecule has 0 aromatic heterocycles. The van der Waals surface area contributed by atoms with Crippen LogP contribution in [0.2, 0.25) is 0 Å². The van der Waals surface area contributed by atoms with Gasteiger partial charge in [0.15, 0.2) is 0 Å². The molecule has 1 rings (SSSR count). The maximum Gasteiger partial charge on any atom is 0.0966 e. The van der Waals surface area contributed by atoms with E-state index in [1.165, 1.54) is 0 Å². The van der Waals surface area contributed by atoms with Crippen molar-refractivity contribution in [1.29, 1.82) is 5.26 Å². The number of nitriles is 1. The van der Waals surface area contributed by atoms with E-state index in [2.05, 4.69) is 23.2 Å². The zero-order valence-electron chi connectivity index (χ0n) is 8.79. The monoisotopic (exact) mass is 191 g/mol. The molecule has 0 heterocycles. The molecular formula is C11H17N3. The Kier molecular flexibility index (Phi) is 4.92. The number of unbranched alkanes of at least 4 members (excludes halogenated alkanes) is 1. The first-order chi connectivity index (χ1) is 6.88. The van der Waals surface area contributed by atoms with Crippen LogP contribution in [0.15, 0.2) is 21.5 Å². The second kappa shape index (κ2) is 6.31. The van der Waals surface area contributed by atoms with Crippen molar-refractivity contribution in [2.24, 2.45) is 10.2 Å². The Morgan fingerprint density at radius 3 is 2.86 bits per heavy atom. The van der Waals surface area contributed by atoms with Crippen LogP contribution in [0, 0.1) is 11.3 Å². The summed E-state index contributed by atoms with van der Waals surface area (Å²) in [6.45, 7) is 2.93. The summed E-state index contributed by atoms with van der Waals surface area (Å²) in [5.74, 6) is 0. The highest BCUT2D eigenvalue weighted by atomic mass is 15.1. The average molecular weight is 191 g/mol. The van der Waals surface area contributed by atoms with Gasteiger partial charge in [0.1, 0.15) is 0 Å². The van der Waals surface area contributed by atoms with Crippen LogP contribution in [0.1, 0.15) is 45.4 Å². The summed E-state index contributed by atoms with van der Waals surface area (Å²) in [5.41, 5.74) is 1.77. The summed E-state index contributed by atoms with van der Waals surface area (Å²) in [4.78, 5) is 0. The van der Waals surface area contributed by atoms with E-state index in [0.717, 1.165) is 56.3 Å². The van der Waals surface area contributed by atoms with Gasteiger partial charge in [-0.25, -0.2) is 0 Å². The molecule has 1 aliphatic carbocycles. The molecule has 0 radical (unpaired) electrons. The van der Waals surface area contributed by atoms with Crippen LogP contribution in [0.4, 0.5) is 0 Å². The number of nitrogens with zero attached hydrogens (tertiary/aromatic N) is 3. The lowest BCUT2D eigenvalue weighted by molar-refractivity contribution is 0.663. The van der Waals surface area contributed by atoms with E-state index in [-0.39, 0.29) is 0 Å². The lowest BCUT2D eigenvalue weighted by Gasteiger charge is -2.10. The quantitative estimate of drug-likeness (QED) is 0.494. The van der Waals surface area contributed by atoms with E-state index >= 15 is 0 Å². The van der Waals surface area contributed by atoms with Gasteiger partial charge in [-0.1, -0.05) is 13.3 Å². The summed E-state index contributed by atoms with van der Waals surface area (Å²) in [6, 6.07) is 2.22. The molecule has 14 heavy (non-hydrogen) atoms. The third-order valence-electron chi connectivity index (χ3n) is 2.38. The summed E-state index contributed by atoms with van der Waals surface area (Å²) >= 11 is 0. The maximum atomic E-state index is 8.85. The molecule has 76 valence electrons. The normalized spacial score (nSPS) is 17.4. The van der Waals surface area contributed by atoms with Crippen LogP contribution in [-0.2, 0) is 0 Å². The second-order valence-corrected chi connectivity index (χ2v) is 3.56. The van der Waals surface area contributed by atoms with E-state index in [4.69, 9.17) is 5.26 Å². The predicted molar refractivity (Wildman–Crippen MR) is 55.7 cm³/mol. The van der Waals surface area contributed by atoms with E-state index in [0.29, 0.717) is 0 Å². The molecule has 0 aromatic rings. The standard InChI is InChI=1S/C11H17N3/c1-2-3-8-13-14-11-7-5-4-6-10(11)9-12/h2-8H2,1H3. The molecule has 0 spiro atoms. The topological polar surface area (TPSA) is 48.5 Å². The molecule has 0 amide bonds. The molecule has 0 aromatic carbocycles. The fourth-order valence-corrected chi connectivity index (χ4v) is 1.48. The van der Waals surface area contributed by atoms with Gasteiger partial charge in [0, 0.05) is 0 Å². The Morgan fingerprint density at radius 2 is 2.14 bits per heavy atom. The van der Waals surface area contributed by atoms with Crippen molar-refractivity contribution in [2.75, 3.05) is 6.54 Å². The van der Waals surface area contributed by atoms with Gasteiger partial charge in [-0.05, 0) is 32.1 Å². The minimum absolute atomic E-state index is 0.790. The molecule has 0 fully saturated rings. The van der Waals surface area contributed by atoms with Crippen molar-refractivity contribution in [2.45, 2.75) is 45.4 Å². The molecule has 3 nitrogen and oxygen atoms in total. The fraction of sp³-hybridized carbons (Fsp3) is 0.727. The van der Waals surface area contributed by atoms with E-state index < -0.39 is 0 Å². The molecule has 0 aliphatic heterocycles. The smallest absolute Gasteiger partial charge is 0.0966 e. The minimum atomic E-state index is 0.790. The molecule has 0 unspecified atom stereocenters. The predicted octanol–water partition coefficient (Wildman–Crippen LogP) is 3.59. The van der Waals surface area contributed by atoms with Gasteiger partial charge < -0.3 is 0 Å². The lowest BCUT2D eigenvalue weighted by atomic mass is 9.98. The highest BCUT2D eigenvalue weighted by Gasteiger charge is 2.11. The molecule has 0 saturated heterocycles. The van der Waals surface area contributed by atoms with Crippen LogP contribution in [0.5, 0.6) is 0 Å². The number of rotatable bonds is 4. The van der Waals surface area contributed by atoms with Gasteiger partial charge >= 0.3 is 0 Å². The van der Waals surface area contributed by atoms with Crippen LogP contribution in [0.3, 0.4) is 0 Å². The van der Waals surface area contributed by atoms with E-state index in [1.807, 2.05) is 0 Å². The highest BCUT2D eigenvalue weighted by molar-refractivity contribution is 5.28. The maximum absolute atomic E-state index is 8.85. The molecule has 0 bridgehead atoms. The van der Waals surface area contributed by atoms with Gasteiger partial charge in [-0.2, -0.15) is 15.5 Å². The Bertz CT molecular complexity index is 271. The van der Waals surface area contributed by atoms with Crippen molar-refractivity contribution in [1.82, 2.24) is 0 Å². The average Bonchev–Trinajstić information content (AvgIpc) is 2.25. The Balaban J connectivity index is 2.52. The Morgan fingerprint density at radius 1 is 1.36 bits per heavy atom. The van der Waals surface area contributed by atoms with Gasteiger partial charge in [-0.15, -0.1) is 0 Å². The summed E-state index contributed by atoms with van der Waals surface area (Å²) in [6.07, 6.45) is 6.31. The van der Waals surface area contributed by atoms with Crippen molar-refractivity contribution < 1.29 is 0 Å². The summed E-state index contributed by atoms with van der Waals surface area (Å²) < 4.78 is 0. The Hall–Kier alpha value is -1.17. The Labute approximate surface area is 85.5 Å². The summed E-state index contributed by atoms with van der Waals surface area (Å²) in [5, 5.41) is 17.1. The first kappa shape index (κ1) is 10.9. The number of azo groups is 1. The molecule has 3 heteroatoms. The van der Waals surface area contributed by atoms with Crippen molar-refractivity contribution >= 4 is 0 Å². The largest absolute Gasteiger partial charge is 0.193 e. The van der Waals surface area contributed by atoms with Crippen molar-refractivity contribution in [3.63, 3.8) is 0 Å². The minimum Gasteiger partial charge on any atom is -0.193 e. The third-order valence-corrected chi connectivity index (χ3v) is 2.38. The molecule has 0 atom stereocenters. The first-order valence-corrected chi connectivity index (χ1v) is 5.38. The van der Waals surface area contributed by atoms with Crippen LogP contribution < -0.4 is 0 Å². The molecule has 0 saturated carbocycles. The first-order valence-electron chi connectivity index (χ1n) is 5.38. The van der Waals surface area contributed by atoms with Crippen LogP contribution in [0.25, 0.3) is 0 Å². The highest BCUT2D eigenvalue weighted by Crippen LogP contribution is 2.25. The lowest BCUT2D eigenvalue weighted by Crippen LogP contribution is -1.96. The van der Waals surface area contributed by atoms with Gasteiger partial charge in [0.2, 0.25) is 0 Å². The van der Waals surface area contributed by atoms with Crippen molar-refractivity contribution in [3.05, 3.63) is 11.3 Å². The zero-order valence-corrected chi connectivity index (χ0v) is 8.79. The SMILES string of the molecule is CCCCN=NC1=C(C#N)CCCC1. The van der Waals surface area contributed by atoms with E-state index in [1.54, 1.807) is 0 Å². The van der Waals surface area contributed by atoms with Gasteiger partial charge in [-0.3, -0.25) is 0 Å². The third kappa shape index (κ3) is 3.29. The van der Waals surface area contributed by atoms with Gasteiger partial charge in [0.05, 0.1) is 23.9 Å². The second-order valence-electron chi connectivity index (χ2n) is 3.56. The molecule has 1 aliphatic rings.